The summed E-state index contributed by atoms with van der Waals surface area (Å²) in [5, 5.41) is 1.17. The van der Waals surface area contributed by atoms with Crippen LogP contribution >= 0.6 is 0 Å². The van der Waals surface area contributed by atoms with Crippen molar-refractivity contribution in [3.05, 3.63) is 29.5 Å². The fourth-order valence-electron chi connectivity index (χ4n) is 2.76. The van der Waals surface area contributed by atoms with Crippen LogP contribution in [0.4, 0.5) is 0 Å². The van der Waals surface area contributed by atoms with E-state index in [1.807, 2.05) is 30.0 Å². The van der Waals surface area contributed by atoms with Crippen molar-refractivity contribution >= 4 is 16.8 Å². The maximum atomic E-state index is 11.8. The van der Waals surface area contributed by atoms with E-state index in [9.17, 15) is 4.79 Å². The predicted octanol–water partition coefficient (Wildman–Crippen LogP) is 2.47. The van der Waals surface area contributed by atoms with Crippen LogP contribution in [0, 0.1) is 0 Å². The number of nitrogens with one attached hydrogen (secondary N) is 1. The summed E-state index contributed by atoms with van der Waals surface area (Å²) in [6.07, 6.45) is 1.47. The van der Waals surface area contributed by atoms with Crippen molar-refractivity contribution in [3.63, 3.8) is 0 Å². The molecule has 0 unspecified atom stereocenters. The molecule has 3 rings (SSSR count). The first-order valence-electron chi connectivity index (χ1n) is 6.68. The molecule has 4 nitrogen and oxygen atoms in total. The van der Waals surface area contributed by atoms with Gasteiger partial charge in [0.25, 0.3) is 0 Å². The molecule has 0 aliphatic carbocycles. The Morgan fingerprint density at radius 2 is 2.32 bits per heavy atom. The molecule has 19 heavy (non-hydrogen) atoms. The number of carbonyl (C=O) groups excluding carboxylic acids is 1. The third kappa shape index (κ3) is 1.97. The zero-order valence-corrected chi connectivity index (χ0v) is 11.3. The van der Waals surface area contributed by atoms with Crippen LogP contribution in [-0.4, -0.2) is 29.4 Å². The highest BCUT2D eigenvalue weighted by atomic mass is 16.5. The van der Waals surface area contributed by atoms with E-state index in [4.69, 9.17) is 4.74 Å². The van der Waals surface area contributed by atoms with Crippen molar-refractivity contribution in [1.82, 2.24) is 9.88 Å². The molecular formula is C15H18N2O2. The smallest absolute Gasteiger partial charge is 0.222 e. The van der Waals surface area contributed by atoms with Crippen molar-refractivity contribution in [3.8, 4) is 5.75 Å². The van der Waals surface area contributed by atoms with E-state index in [1.165, 1.54) is 16.6 Å². The van der Waals surface area contributed by atoms with Crippen molar-refractivity contribution in [2.45, 2.75) is 26.3 Å². The minimum Gasteiger partial charge on any atom is -0.497 e. The number of hydrogen-bond donors (Lipinski definition) is 1. The summed E-state index contributed by atoms with van der Waals surface area (Å²) in [4.78, 5) is 17.2. The van der Waals surface area contributed by atoms with Gasteiger partial charge in [0.05, 0.1) is 7.11 Å². The van der Waals surface area contributed by atoms with Gasteiger partial charge in [-0.1, -0.05) is 6.92 Å². The lowest BCUT2D eigenvalue weighted by molar-refractivity contribution is -0.131. The summed E-state index contributed by atoms with van der Waals surface area (Å²) in [5.74, 6) is 1.08. The molecular weight excluding hydrogens is 240 g/mol. The lowest BCUT2D eigenvalue weighted by Gasteiger charge is -2.27. The highest BCUT2D eigenvalue weighted by Gasteiger charge is 2.23. The normalized spacial score (nSPS) is 14.5. The van der Waals surface area contributed by atoms with E-state index in [0.29, 0.717) is 13.0 Å². The third-order valence-corrected chi connectivity index (χ3v) is 3.84. The van der Waals surface area contributed by atoms with E-state index in [-0.39, 0.29) is 5.91 Å². The second kappa shape index (κ2) is 4.61. The second-order valence-corrected chi connectivity index (χ2v) is 4.91. The number of H-pyrrole nitrogens is 1. The monoisotopic (exact) mass is 258 g/mol. The van der Waals surface area contributed by atoms with E-state index in [0.717, 1.165) is 24.2 Å². The van der Waals surface area contributed by atoms with E-state index >= 15 is 0 Å². The van der Waals surface area contributed by atoms with Crippen molar-refractivity contribution in [1.29, 1.82) is 0 Å². The van der Waals surface area contributed by atoms with E-state index < -0.39 is 0 Å². The van der Waals surface area contributed by atoms with Gasteiger partial charge in [-0.2, -0.15) is 0 Å². The summed E-state index contributed by atoms with van der Waals surface area (Å²) in [7, 11) is 1.67. The SMILES string of the molecule is CCC(=O)N1CCc2[nH]c3ccc(OC)cc3c2C1. The zero-order valence-electron chi connectivity index (χ0n) is 11.3. The maximum absolute atomic E-state index is 11.8. The highest BCUT2D eigenvalue weighted by molar-refractivity contribution is 5.87. The fraction of sp³-hybridized carbons (Fsp3) is 0.400. The van der Waals surface area contributed by atoms with Crippen LogP contribution in [0.2, 0.25) is 0 Å². The summed E-state index contributed by atoms with van der Waals surface area (Å²) in [5.41, 5.74) is 3.61. The maximum Gasteiger partial charge on any atom is 0.222 e. The molecule has 0 fully saturated rings. The van der Waals surface area contributed by atoms with E-state index in [1.54, 1.807) is 7.11 Å². The Kier molecular flexibility index (Phi) is 2.93. The molecule has 0 atom stereocenters. The number of aromatic amines is 1. The topological polar surface area (TPSA) is 45.3 Å². The van der Waals surface area contributed by atoms with Crippen LogP contribution in [0.5, 0.6) is 5.75 Å². The Bertz CT molecular complexity index is 630. The Morgan fingerprint density at radius 3 is 3.05 bits per heavy atom. The molecule has 0 saturated carbocycles. The number of rotatable bonds is 2. The average molecular weight is 258 g/mol. The molecule has 0 saturated heterocycles. The molecule has 0 spiro atoms. The molecule has 1 aliphatic rings. The van der Waals surface area contributed by atoms with Crippen molar-refractivity contribution in [2.24, 2.45) is 0 Å². The first-order valence-corrected chi connectivity index (χ1v) is 6.68. The predicted molar refractivity (Wildman–Crippen MR) is 74.3 cm³/mol. The van der Waals surface area contributed by atoms with Gasteiger partial charge in [0.15, 0.2) is 0 Å². The minimum atomic E-state index is 0.225. The van der Waals surface area contributed by atoms with Gasteiger partial charge in [0.2, 0.25) is 5.91 Å². The first kappa shape index (κ1) is 12.1. The van der Waals surface area contributed by atoms with Gasteiger partial charge in [-0.15, -0.1) is 0 Å². The zero-order chi connectivity index (χ0) is 13.4. The third-order valence-electron chi connectivity index (χ3n) is 3.84. The van der Waals surface area contributed by atoms with E-state index in [2.05, 4.69) is 4.98 Å². The van der Waals surface area contributed by atoms with Crippen LogP contribution < -0.4 is 4.74 Å². The van der Waals surface area contributed by atoms with Gasteiger partial charge in [-0.3, -0.25) is 4.79 Å². The lowest BCUT2D eigenvalue weighted by atomic mass is 10.0. The van der Waals surface area contributed by atoms with Gasteiger partial charge >= 0.3 is 0 Å². The van der Waals surface area contributed by atoms with Crippen LogP contribution in [0.1, 0.15) is 24.6 Å². The molecule has 1 aliphatic heterocycles. The number of benzene rings is 1. The molecule has 1 N–H and O–H groups in total. The number of methoxy groups -OCH3 is 1. The van der Waals surface area contributed by atoms with Crippen LogP contribution in [0.25, 0.3) is 10.9 Å². The molecule has 2 heterocycles. The van der Waals surface area contributed by atoms with Gasteiger partial charge < -0.3 is 14.6 Å². The van der Waals surface area contributed by atoms with Crippen LogP contribution in [-0.2, 0) is 17.8 Å². The Balaban J connectivity index is 2.04. The van der Waals surface area contributed by atoms with Gasteiger partial charge in [0, 0.05) is 48.1 Å². The lowest BCUT2D eigenvalue weighted by Crippen LogP contribution is -2.35. The van der Waals surface area contributed by atoms with Crippen LogP contribution in [0.3, 0.4) is 0 Å². The molecule has 1 aromatic carbocycles. The fourth-order valence-corrected chi connectivity index (χ4v) is 2.76. The number of aromatic nitrogens is 1. The average Bonchev–Trinajstić information content (AvgIpc) is 2.83. The summed E-state index contributed by atoms with van der Waals surface area (Å²) < 4.78 is 5.28. The molecule has 2 aromatic rings. The second-order valence-electron chi connectivity index (χ2n) is 4.91. The highest BCUT2D eigenvalue weighted by Crippen LogP contribution is 2.30. The molecule has 4 heteroatoms. The Hall–Kier alpha value is -1.97. The number of hydrogen-bond acceptors (Lipinski definition) is 2. The van der Waals surface area contributed by atoms with Crippen LogP contribution in [0.15, 0.2) is 18.2 Å². The summed E-state index contributed by atoms with van der Waals surface area (Å²) >= 11 is 0. The molecule has 100 valence electrons. The van der Waals surface area contributed by atoms with Gasteiger partial charge in [-0.25, -0.2) is 0 Å². The van der Waals surface area contributed by atoms with Gasteiger partial charge in [-0.05, 0) is 18.2 Å². The molecule has 0 bridgehead atoms. The number of fused-ring (bicyclic) bond motifs is 3. The van der Waals surface area contributed by atoms with Crippen molar-refractivity contribution < 1.29 is 9.53 Å². The van der Waals surface area contributed by atoms with Crippen molar-refractivity contribution in [2.75, 3.05) is 13.7 Å². The molecule has 1 aromatic heterocycles. The first-order chi connectivity index (χ1) is 9.22. The quantitative estimate of drug-likeness (QED) is 0.899. The van der Waals surface area contributed by atoms with Gasteiger partial charge in [0.1, 0.15) is 5.75 Å². The Labute approximate surface area is 112 Å². The Morgan fingerprint density at radius 1 is 1.47 bits per heavy atom. The number of amides is 1. The summed E-state index contributed by atoms with van der Waals surface area (Å²) in [6, 6.07) is 6.04. The minimum absolute atomic E-state index is 0.225. The molecule has 1 amide bonds. The summed E-state index contributed by atoms with van der Waals surface area (Å²) in [6.45, 7) is 3.43. The number of nitrogens with zero attached hydrogens (tertiary/aromatic N) is 1. The largest absolute Gasteiger partial charge is 0.497 e. The standard InChI is InChI=1S/C15H18N2O2/c1-3-15(18)17-7-6-14-12(9-17)11-8-10(19-2)4-5-13(11)16-14/h4-5,8,16H,3,6-7,9H2,1-2H3. The number of carbonyl (C=O) groups is 1. The molecule has 0 radical (unpaired) electrons. The number of ether oxygens (including phenoxy) is 1.